The molecule has 1 aromatic carbocycles. The lowest BCUT2D eigenvalue weighted by molar-refractivity contribution is -0.149. The van der Waals surface area contributed by atoms with E-state index >= 15 is 0 Å². The van der Waals surface area contributed by atoms with Gasteiger partial charge in [0, 0.05) is 39.9 Å². The molecular weight excluding hydrogens is 482 g/mol. The van der Waals surface area contributed by atoms with E-state index in [9.17, 15) is 4.79 Å². The number of hydrogen-bond donors (Lipinski definition) is 0. The highest BCUT2D eigenvalue weighted by Gasteiger charge is 2.27. The highest BCUT2D eigenvalue weighted by Crippen LogP contribution is 2.39. The molecular formula is C32H46ClNO3. The zero-order valence-electron chi connectivity index (χ0n) is 24.7. The van der Waals surface area contributed by atoms with Gasteiger partial charge in [0.2, 0.25) is 6.79 Å². The molecule has 5 heteroatoms. The zero-order valence-corrected chi connectivity index (χ0v) is 25.4. The quantitative estimate of drug-likeness (QED) is 0.1000. The Balaban J connectivity index is 2.46. The molecule has 0 amide bonds. The fourth-order valence-electron chi connectivity index (χ4n) is 4.90. The molecule has 0 bridgehead atoms. The zero-order chi connectivity index (χ0) is 27.9. The molecule has 0 aromatic heterocycles. The van der Waals surface area contributed by atoms with Gasteiger partial charge in [0.25, 0.3) is 0 Å². The number of unbranched alkanes of at least 4 members (excludes halogenated alkanes) is 1. The fourth-order valence-corrected chi connectivity index (χ4v) is 5.20. The number of ether oxygens (including phenoxy) is 2. The molecule has 1 saturated carbocycles. The molecule has 0 atom stereocenters. The summed E-state index contributed by atoms with van der Waals surface area (Å²) in [7, 11) is 1.80. The summed E-state index contributed by atoms with van der Waals surface area (Å²) in [6, 6.07) is 3.96. The molecule has 1 fully saturated rings. The van der Waals surface area contributed by atoms with Crippen LogP contribution >= 0.6 is 11.6 Å². The van der Waals surface area contributed by atoms with Gasteiger partial charge in [-0.25, -0.2) is 4.79 Å². The van der Waals surface area contributed by atoms with Crippen LogP contribution in [0, 0.1) is 12.3 Å². The Kier molecular flexibility index (Phi) is 11.2. The maximum atomic E-state index is 13.2. The molecule has 0 spiro atoms. The number of benzene rings is 1. The second-order valence-electron chi connectivity index (χ2n) is 11.2. The van der Waals surface area contributed by atoms with E-state index in [4.69, 9.17) is 21.1 Å². The van der Waals surface area contributed by atoms with Crippen LogP contribution in [0.5, 0.6) is 0 Å². The summed E-state index contributed by atoms with van der Waals surface area (Å²) in [5.41, 5.74) is 9.01. The van der Waals surface area contributed by atoms with Gasteiger partial charge in [-0.05, 0) is 95.1 Å². The fraction of sp³-hybridized carbons (Fsp3) is 0.562. The first-order valence-electron chi connectivity index (χ1n) is 13.5. The van der Waals surface area contributed by atoms with E-state index in [1.165, 1.54) is 12.0 Å². The predicted molar refractivity (Wildman–Crippen MR) is 158 cm³/mol. The predicted octanol–water partition coefficient (Wildman–Crippen LogP) is 9.50. The molecule has 0 saturated heterocycles. The van der Waals surface area contributed by atoms with Gasteiger partial charge in [-0.15, -0.1) is 0 Å². The summed E-state index contributed by atoms with van der Waals surface area (Å²) < 4.78 is 11.7. The molecule has 1 aromatic rings. The van der Waals surface area contributed by atoms with Gasteiger partial charge in [0.15, 0.2) is 0 Å². The summed E-state index contributed by atoms with van der Waals surface area (Å²) in [6.45, 7) is 18.6. The Labute approximate surface area is 229 Å². The molecule has 1 aliphatic rings. The summed E-state index contributed by atoms with van der Waals surface area (Å²) in [5, 5.41) is 0.683. The monoisotopic (exact) mass is 527 g/mol. The van der Waals surface area contributed by atoms with Gasteiger partial charge < -0.3 is 9.47 Å². The highest BCUT2D eigenvalue weighted by atomic mass is 35.5. The molecule has 2 rings (SSSR count). The number of nitrogens with zero attached hydrogens (tertiary/aromatic N) is 1. The van der Waals surface area contributed by atoms with Crippen molar-refractivity contribution in [1.29, 1.82) is 0 Å². The Morgan fingerprint density at radius 2 is 1.73 bits per heavy atom. The van der Waals surface area contributed by atoms with E-state index in [0.29, 0.717) is 10.6 Å². The Morgan fingerprint density at radius 1 is 1.08 bits per heavy atom. The molecule has 0 unspecified atom stereocenters. The summed E-state index contributed by atoms with van der Waals surface area (Å²) in [6.07, 6.45) is 6.10. The van der Waals surface area contributed by atoms with Gasteiger partial charge in [0.05, 0.1) is 0 Å². The Morgan fingerprint density at radius 3 is 2.22 bits per heavy atom. The third-order valence-electron chi connectivity index (χ3n) is 7.08. The SMILES string of the molecule is CCCC/C(=C(/C)C(=O)OCOC(=C1CCC1)C(C)(C)C)c1ccc(Cl)c(C(C(C)=NC)=C(C)C)c1C. The van der Waals surface area contributed by atoms with Crippen LogP contribution in [0.15, 0.2) is 39.6 Å². The van der Waals surface area contributed by atoms with Crippen molar-refractivity contribution in [2.75, 3.05) is 13.8 Å². The van der Waals surface area contributed by atoms with E-state index < -0.39 is 0 Å². The number of esters is 1. The van der Waals surface area contributed by atoms with Crippen molar-refractivity contribution in [2.45, 2.75) is 101 Å². The van der Waals surface area contributed by atoms with Crippen molar-refractivity contribution in [1.82, 2.24) is 0 Å². The van der Waals surface area contributed by atoms with E-state index in [1.54, 1.807) is 7.05 Å². The lowest BCUT2D eigenvalue weighted by Crippen LogP contribution is -2.20. The van der Waals surface area contributed by atoms with Crippen molar-refractivity contribution in [2.24, 2.45) is 10.4 Å². The minimum Gasteiger partial charge on any atom is -0.461 e. The molecule has 1 aliphatic carbocycles. The van der Waals surface area contributed by atoms with Crippen LogP contribution in [-0.4, -0.2) is 25.5 Å². The number of aliphatic imine (C=N–C) groups is 1. The van der Waals surface area contributed by atoms with Crippen LogP contribution in [0.1, 0.15) is 111 Å². The van der Waals surface area contributed by atoms with E-state index in [2.05, 4.69) is 53.5 Å². The lowest BCUT2D eigenvalue weighted by atomic mass is 9.82. The summed E-state index contributed by atoms with van der Waals surface area (Å²) in [5.74, 6) is 0.613. The van der Waals surface area contributed by atoms with Crippen LogP contribution in [0.25, 0.3) is 11.1 Å². The third-order valence-corrected chi connectivity index (χ3v) is 7.39. The maximum Gasteiger partial charge on any atom is 0.336 e. The second kappa shape index (κ2) is 13.5. The summed E-state index contributed by atoms with van der Waals surface area (Å²) >= 11 is 6.75. The molecule has 0 radical (unpaired) electrons. The molecule has 0 N–H and O–H groups in total. The average molecular weight is 528 g/mol. The Hall–Kier alpha value is -2.33. The number of carbonyl (C=O) groups excluding carboxylic acids is 1. The van der Waals surface area contributed by atoms with Crippen molar-refractivity contribution in [3.05, 3.63) is 56.3 Å². The Bertz CT molecular complexity index is 1120. The molecule has 37 heavy (non-hydrogen) atoms. The van der Waals surface area contributed by atoms with Crippen LogP contribution in [0.4, 0.5) is 0 Å². The van der Waals surface area contributed by atoms with E-state index in [0.717, 1.165) is 77.0 Å². The van der Waals surface area contributed by atoms with Crippen LogP contribution in [0.2, 0.25) is 5.02 Å². The minimum absolute atomic E-state index is 0.0771. The number of carbonyl (C=O) groups is 1. The maximum absolute atomic E-state index is 13.2. The average Bonchev–Trinajstić information content (AvgIpc) is 2.79. The first kappa shape index (κ1) is 30.9. The standard InChI is InChI=1S/C32H46ClNO3/c1-11-12-16-25(22(5)31(35)37-19-36-30(32(7,8)9)24-14-13-15-24)26-17-18-27(33)29(21(26)4)28(20(2)3)23(6)34-10/h17-18H,11-16,19H2,1-10H3/b25-22+,34-23?. The number of halogens is 1. The van der Waals surface area contributed by atoms with Gasteiger partial charge in [-0.2, -0.15) is 0 Å². The van der Waals surface area contributed by atoms with Gasteiger partial charge in [-0.1, -0.05) is 57.4 Å². The largest absolute Gasteiger partial charge is 0.461 e. The number of hydrogen-bond acceptors (Lipinski definition) is 4. The van der Waals surface area contributed by atoms with Gasteiger partial charge in [-0.3, -0.25) is 4.99 Å². The first-order valence-corrected chi connectivity index (χ1v) is 13.9. The topological polar surface area (TPSA) is 47.9 Å². The highest BCUT2D eigenvalue weighted by molar-refractivity contribution is 6.36. The van der Waals surface area contributed by atoms with Gasteiger partial charge >= 0.3 is 5.97 Å². The summed E-state index contributed by atoms with van der Waals surface area (Å²) in [4.78, 5) is 17.7. The lowest BCUT2D eigenvalue weighted by Gasteiger charge is -2.30. The van der Waals surface area contributed by atoms with E-state index in [1.807, 2.05) is 26.0 Å². The van der Waals surface area contributed by atoms with Crippen molar-refractivity contribution in [3.63, 3.8) is 0 Å². The minimum atomic E-state index is -0.345. The van der Waals surface area contributed by atoms with Crippen LogP contribution < -0.4 is 0 Å². The smallest absolute Gasteiger partial charge is 0.336 e. The van der Waals surface area contributed by atoms with Crippen molar-refractivity contribution < 1.29 is 14.3 Å². The van der Waals surface area contributed by atoms with E-state index in [-0.39, 0.29) is 18.2 Å². The molecule has 204 valence electrons. The van der Waals surface area contributed by atoms with Crippen LogP contribution in [-0.2, 0) is 14.3 Å². The van der Waals surface area contributed by atoms with Crippen molar-refractivity contribution in [3.8, 4) is 0 Å². The van der Waals surface area contributed by atoms with Gasteiger partial charge in [0.1, 0.15) is 5.76 Å². The molecule has 0 aliphatic heterocycles. The van der Waals surface area contributed by atoms with Crippen molar-refractivity contribution >= 4 is 34.4 Å². The number of rotatable bonds is 10. The molecule has 0 heterocycles. The second-order valence-corrected chi connectivity index (χ2v) is 11.6. The van der Waals surface area contributed by atoms with Crippen LogP contribution in [0.3, 0.4) is 0 Å². The normalized spacial score (nSPS) is 14.6. The molecule has 4 nitrogen and oxygen atoms in total. The first-order chi connectivity index (χ1) is 17.3. The number of allylic oxidation sites excluding steroid dienone is 5. The third kappa shape index (κ3) is 7.60.